The molecular weight excluding hydrogens is 219 g/mol. The third-order valence-corrected chi connectivity index (χ3v) is 8.91. The van der Waals surface area contributed by atoms with Gasteiger partial charge in [-0.1, -0.05) is 101 Å². The number of hydrogen-bond acceptors (Lipinski definition) is 0. The van der Waals surface area contributed by atoms with Gasteiger partial charge in [-0.2, -0.15) is 0 Å². The number of hydrogen-bond donors (Lipinski definition) is 0. The molecule has 0 heterocycles. The lowest BCUT2D eigenvalue weighted by Crippen LogP contribution is -2.22. The summed E-state index contributed by atoms with van der Waals surface area (Å²) in [6, 6.07) is 0. The minimum Gasteiger partial charge on any atom is -0.0914 e. The zero-order valence-electron chi connectivity index (χ0n) is 13.3. The minimum absolute atomic E-state index is 0.495. The highest BCUT2D eigenvalue weighted by molar-refractivity contribution is 6.60. The molecule has 0 bridgehead atoms. The van der Waals surface area contributed by atoms with Crippen molar-refractivity contribution in [1.82, 2.24) is 0 Å². The van der Waals surface area contributed by atoms with E-state index < -0.39 is 14.1 Å². The standard InChI is InChI=1S/C8H17.2C4H9.Al/c1-3-5-7-8-6-4-2;2*1-4(2)3;/h3H,4-8H2,1-2H3;2*4H,1H2,2-3H3;. The smallest absolute Gasteiger partial charge is 0.0914 e. The van der Waals surface area contributed by atoms with Gasteiger partial charge in [-0.05, 0) is 0 Å². The summed E-state index contributed by atoms with van der Waals surface area (Å²) in [5, 5.41) is 3.13. The molecule has 0 aliphatic heterocycles. The summed E-state index contributed by atoms with van der Waals surface area (Å²) in [4.78, 5) is 0. The molecule has 0 spiro atoms. The van der Waals surface area contributed by atoms with Gasteiger partial charge in [0.25, 0.3) is 14.1 Å². The molecule has 0 aromatic heterocycles. The molecule has 0 aromatic carbocycles. The monoisotopic (exact) mass is 254 g/mol. The summed E-state index contributed by atoms with van der Waals surface area (Å²) in [6.07, 6.45) is 7.26. The molecule has 1 heteroatoms. The normalized spacial score (nSPS) is 13.4. The highest BCUT2D eigenvalue weighted by atomic mass is 27.2. The second kappa shape index (κ2) is 10.5. The Balaban J connectivity index is 3.98. The molecule has 0 aliphatic carbocycles. The fraction of sp³-hybridized carbons (Fsp3) is 1.00. The topological polar surface area (TPSA) is 0 Å². The van der Waals surface area contributed by atoms with Gasteiger partial charge in [0.15, 0.2) is 0 Å². The van der Waals surface area contributed by atoms with Crippen LogP contribution in [0.25, 0.3) is 0 Å². The van der Waals surface area contributed by atoms with Crippen LogP contribution < -0.4 is 0 Å². The van der Waals surface area contributed by atoms with Crippen LogP contribution in [0, 0.1) is 11.8 Å². The Bertz CT molecular complexity index is 153. The molecule has 0 nitrogen and oxygen atoms in total. The van der Waals surface area contributed by atoms with Crippen LogP contribution in [0.15, 0.2) is 0 Å². The largest absolute Gasteiger partial charge is 0.265 e. The maximum absolute atomic E-state index is 2.55. The lowest BCUT2D eigenvalue weighted by atomic mass is 10.1. The lowest BCUT2D eigenvalue weighted by Gasteiger charge is -2.22. The third-order valence-electron chi connectivity index (χ3n) is 3.87. The molecule has 0 amide bonds. The van der Waals surface area contributed by atoms with Crippen LogP contribution in [-0.2, 0) is 0 Å². The molecule has 0 N–H and O–H groups in total. The van der Waals surface area contributed by atoms with Gasteiger partial charge >= 0.3 is 0 Å². The predicted octanol–water partition coefficient (Wildman–Crippen LogP) is 6.15. The van der Waals surface area contributed by atoms with Crippen LogP contribution >= 0.6 is 0 Å². The van der Waals surface area contributed by atoms with E-state index in [1.54, 1.807) is 10.6 Å². The van der Waals surface area contributed by atoms with Crippen molar-refractivity contribution in [3.8, 4) is 0 Å². The van der Waals surface area contributed by atoms with Crippen LogP contribution in [0.5, 0.6) is 0 Å². The molecule has 0 aliphatic rings. The zero-order valence-corrected chi connectivity index (χ0v) is 14.4. The van der Waals surface area contributed by atoms with Gasteiger partial charge in [-0.15, -0.1) is 0 Å². The van der Waals surface area contributed by atoms with Crippen LogP contribution in [0.3, 0.4) is 0 Å². The van der Waals surface area contributed by atoms with Crippen molar-refractivity contribution in [3.63, 3.8) is 0 Å². The summed E-state index contributed by atoms with van der Waals surface area (Å²) < 4.78 is 1.07. The van der Waals surface area contributed by atoms with Crippen molar-refractivity contribution in [3.05, 3.63) is 0 Å². The quantitative estimate of drug-likeness (QED) is 0.324. The minimum atomic E-state index is -0.495. The molecule has 1 atom stereocenters. The summed E-state index contributed by atoms with van der Waals surface area (Å²) in [7, 11) is 0. The molecule has 17 heavy (non-hydrogen) atoms. The van der Waals surface area contributed by atoms with Crippen molar-refractivity contribution < 1.29 is 0 Å². The Morgan fingerprint density at radius 2 is 1.29 bits per heavy atom. The molecular formula is C16H35Al. The molecule has 0 aromatic rings. The van der Waals surface area contributed by atoms with Crippen LogP contribution in [0.2, 0.25) is 15.3 Å². The van der Waals surface area contributed by atoms with E-state index in [4.69, 9.17) is 0 Å². The first kappa shape index (κ1) is 17.5. The van der Waals surface area contributed by atoms with Gasteiger partial charge in [0.2, 0.25) is 0 Å². The van der Waals surface area contributed by atoms with E-state index >= 15 is 0 Å². The van der Waals surface area contributed by atoms with Crippen molar-refractivity contribution in [2.75, 3.05) is 0 Å². The van der Waals surface area contributed by atoms with Gasteiger partial charge in [0, 0.05) is 0 Å². The SMILES string of the molecule is CCCCCC[CH](C)[Al]([CH2]C(C)C)[CH2]C(C)C. The molecule has 0 fully saturated rings. The fourth-order valence-corrected chi connectivity index (χ4v) is 7.15. The van der Waals surface area contributed by atoms with Crippen molar-refractivity contribution in [1.29, 1.82) is 0 Å². The van der Waals surface area contributed by atoms with E-state index in [1.807, 2.05) is 0 Å². The summed E-state index contributed by atoms with van der Waals surface area (Å²) in [6.45, 7) is 14.5. The van der Waals surface area contributed by atoms with E-state index in [2.05, 4.69) is 41.5 Å². The predicted molar refractivity (Wildman–Crippen MR) is 83.2 cm³/mol. The zero-order chi connectivity index (χ0) is 13.3. The van der Waals surface area contributed by atoms with Crippen LogP contribution in [0.4, 0.5) is 0 Å². The second-order valence-corrected chi connectivity index (χ2v) is 10.4. The van der Waals surface area contributed by atoms with Crippen molar-refractivity contribution in [2.24, 2.45) is 11.8 Å². The summed E-state index contributed by atoms with van der Waals surface area (Å²) in [5.74, 6) is 1.84. The average Bonchev–Trinajstić information content (AvgIpc) is 2.22. The molecule has 0 saturated carbocycles. The van der Waals surface area contributed by atoms with E-state index in [-0.39, 0.29) is 0 Å². The van der Waals surface area contributed by atoms with Crippen LogP contribution in [0.1, 0.15) is 73.6 Å². The second-order valence-electron chi connectivity index (χ2n) is 6.85. The van der Waals surface area contributed by atoms with E-state index in [0.717, 1.165) is 16.6 Å². The third kappa shape index (κ3) is 10.2. The Morgan fingerprint density at radius 3 is 1.71 bits per heavy atom. The van der Waals surface area contributed by atoms with Gasteiger partial charge in [-0.25, -0.2) is 0 Å². The average molecular weight is 254 g/mol. The van der Waals surface area contributed by atoms with Gasteiger partial charge in [0.1, 0.15) is 0 Å². The summed E-state index contributed by atoms with van der Waals surface area (Å²) in [5.41, 5.74) is 0. The Morgan fingerprint density at radius 1 is 0.765 bits per heavy atom. The first-order valence-corrected chi connectivity index (χ1v) is 10.3. The Hall–Kier alpha value is 0.532. The Kier molecular flexibility index (Phi) is 10.8. The van der Waals surface area contributed by atoms with Crippen LogP contribution in [-0.4, -0.2) is 14.1 Å². The van der Waals surface area contributed by atoms with Crippen molar-refractivity contribution in [2.45, 2.75) is 89.0 Å². The lowest BCUT2D eigenvalue weighted by molar-refractivity contribution is 0.604. The number of unbranched alkanes of at least 4 members (excludes halogenated alkanes) is 3. The van der Waals surface area contributed by atoms with Crippen molar-refractivity contribution >= 4 is 14.1 Å². The van der Waals surface area contributed by atoms with Gasteiger partial charge < -0.3 is 0 Å². The maximum Gasteiger partial charge on any atom is 0.265 e. The molecule has 1 unspecified atom stereocenters. The van der Waals surface area contributed by atoms with Gasteiger partial charge in [-0.3, -0.25) is 0 Å². The molecule has 0 saturated heterocycles. The molecule has 0 radical (unpaired) electrons. The first-order chi connectivity index (χ1) is 7.97. The first-order valence-electron chi connectivity index (χ1n) is 7.97. The van der Waals surface area contributed by atoms with E-state index in [9.17, 15) is 0 Å². The van der Waals surface area contributed by atoms with E-state index in [1.165, 1.54) is 32.1 Å². The highest BCUT2D eigenvalue weighted by Gasteiger charge is 2.25. The number of rotatable bonds is 10. The molecule has 102 valence electrons. The maximum atomic E-state index is 2.55. The Labute approximate surface area is 115 Å². The highest BCUT2D eigenvalue weighted by Crippen LogP contribution is 2.28. The summed E-state index contributed by atoms with van der Waals surface area (Å²) >= 11 is -0.495. The van der Waals surface area contributed by atoms with Gasteiger partial charge in [0.05, 0.1) is 0 Å². The fourth-order valence-electron chi connectivity index (χ4n) is 2.90. The molecule has 0 rings (SSSR count). The van der Waals surface area contributed by atoms with E-state index in [0.29, 0.717) is 0 Å².